The van der Waals surface area contributed by atoms with Gasteiger partial charge in [-0.05, 0) is 40.5 Å². The minimum Gasteiger partial charge on any atom is -0.399 e. The second-order valence-electron chi connectivity index (χ2n) is 2.74. The molecule has 0 unspecified atom stereocenters. The Balaban J connectivity index is 2.61. The van der Waals surface area contributed by atoms with E-state index in [0.717, 1.165) is 28.8 Å². The average molecular weight is 241 g/mol. The number of hydrogen-bond donors (Lipinski definition) is 2. The van der Waals surface area contributed by atoms with Crippen LogP contribution in [0.2, 0.25) is 0 Å². The molecule has 0 aliphatic heterocycles. The van der Waals surface area contributed by atoms with E-state index in [9.17, 15) is 0 Å². The van der Waals surface area contributed by atoms with Gasteiger partial charge in [0, 0.05) is 22.4 Å². The molecule has 0 spiro atoms. The highest BCUT2D eigenvalue weighted by Crippen LogP contribution is 2.24. The molecule has 0 aromatic heterocycles. The van der Waals surface area contributed by atoms with Crippen molar-refractivity contribution < 1.29 is 0 Å². The lowest BCUT2D eigenvalue weighted by Crippen LogP contribution is -2.00. The number of hydrogen-bond acceptors (Lipinski definition) is 2. The van der Waals surface area contributed by atoms with E-state index in [0.29, 0.717) is 0 Å². The van der Waals surface area contributed by atoms with Crippen molar-refractivity contribution in [3.63, 3.8) is 0 Å². The molecule has 13 heavy (non-hydrogen) atoms. The molecule has 0 aliphatic rings. The van der Waals surface area contributed by atoms with Crippen molar-refractivity contribution in [2.45, 2.75) is 6.42 Å². The summed E-state index contributed by atoms with van der Waals surface area (Å²) in [6.07, 6.45) is 2.84. The summed E-state index contributed by atoms with van der Waals surface area (Å²) in [6.45, 7) is 4.55. The highest BCUT2D eigenvalue weighted by Gasteiger charge is 1.97. The molecule has 0 aliphatic carbocycles. The number of nitrogen functional groups attached to an aromatic ring is 1. The van der Waals surface area contributed by atoms with Crippen LogP contribution in [0.4, 0.5) is 11.4 Å². The van der Waals surface area contributed by atoms with E-state index in [-0.39, 0.29) is 0 Å². The SMILES string of the molecule is C=CCCNc1ccc(N)cc1Br. The minimum absolute atomic E-state index is 0.765. The number of nitrogens with two attached hydrogens (primary N) is 1. The summed E-state index contributed by atoms with van der Waals surface area (Å²) in [7, 11) is 0. The summed E-state index contributed by atoms with van der Waals surface area (Å²) in [6, 6.07) is 5.72. The molecular formula is C10H13BrN2. The average Bonchev–Trinajstić information content (AvgIpc) is 2.09. The summed E-state index contributed by atoms with van der Waals surface area (Å²) in [4.78, 5) is 0. The molecule has 70 valence electrons. The summed E-state index contributed by atoms with van der Waals surface area (Å²) in [5.74, 6) is 0. The molecule has 2 nitrogen and oxygen atoms in total. The summed E-state index contributed by atoms with van der Waals surface area (Å²) >= 11 is 3.43. The fourth-order valence-corrected chi connectivity index (χ4v) is 1.52. The molecule has 1 aromatic rings. The van der Waals surface area contributed by atoms with Crippen molar-refractivity contribution in [2.75, 3.05) is 17.6 Å². The van der Waals surface area contributed by atoms with Crippen molar-refractivity contribution in [3.05, 3.63) is 35.3 Å². The van der Waals surface area contributed by atoms with E-state index in [1.807, 2.05) is 24.3 Å². The van der Waals surface area contributed by atoms with E-state index < -0.39 is 0 Å². The molecule has 3 heteroatoms. The second kappa shape index (κ2) is 4.92. The fraction of sp³-hybridized carbons (Fsp3) is 0.200. The maximum absolute atomic E-state index is 5.61. The molecule has 0 amide bonds. The van der Waals surface area contributed by atoms with Crippen molar-refractivity contribution >= 4 is 27.3 Å². The highest BCUT2D eigenvalue weighted by molar-refractivity contribution is 9.10. The molecule has 1 rings (SSSR count). The van der Waals surface area contributed by atoms with Crippen LogP contribution in [0, 0.1) is 0 Å². The maximum atomic E-state index is 5.61. The predicted octanol–water partition coefficient (Wildman–Crippen LogP) is 3.02. The van der Waals surface area contributed by atoms with Crippen molar-refractivity contribution in [3.8, 4) is 0 Å². The van der Waals surface area contributed by atoms with Gasteiger partial charge in [0.2, 0.25) is 0 Å². The zero-order valence-electron chi connectivity index (χ0n) is 7.39. The quantitative estimate of drug-likeness (QED) is 0.483. The highest BCUT2D eigenvalue weighted by atomic mass is 79.9. The second-order valence-corrected chi connectivity index (χ2v) is 3.60. The Morgan fingerprint density at radius 3 is 2.92 bits per heavy atom. The molecule has 0 saturated carbocycles. The van der Waals surface area contributed by atoms with Crippen molar-refractivity contribution in [2.24, 2.45) is 0 Å². The van der Waals surface area contributed by atoms with Crippen LogP contribution < -0.4 is 11.1 Å². The van der Waals surface area contributed by atoms with Gasteiger partial charge in [0.05, 0.1) is 0 Å². The smallest absolute Gasteiger partial charge is 0.0486 e. The van der Waals surface area contributed by atoms with Crippen LogP contribution in [-0.2, 0) is 0 Å². The van der Waals surface area contributed by atoms with Gasteiger partial charge < -0.3 is 11.1 Å². The first kappa shape index (κ1) is 10.1. The first-order chi connectivity index (χ1) is 6.24. The zero-order chi connectivity index (χ0) is 9.68. The largest absolute Gasteiger partial charge is 0.399 e. The lowest BCUT2D eigenvalue weighted by Gasteiger charge is -2.07. The number of rotatable bonds is 4. The van der Waals surface area contributed by atoms with Gasteiger partial charge in [-0.25, -0.2) is 0 Å². The molecule has 0 atom stereocenters. The minimum atomic E-state index is 0.765. The van der Waals surface area contributed by atoms with Gasteiger partial charge in [-0.2, -0.15) is 0 Å². The van der Waals surface area contributed by atoms with Crippen LogP contribution in [0.3, 0.4) is 0 Å². The van der Waals surface area contributed by atoms with Gasteiger partial charge in [-0.3, -0.25) is 0 Å². The summed E-state index contributed by atoms with van der Waals surface area (Å²) in [5.41, 5.74) is 7.44. The predicted molar refractivity (Wildman–Crippen MR) is 61.9 cm³/mol. The van der Waals surface area contributed by atoms with E-state index in [1.54, 1.807) is 0 Å². The number of benzene rings is 1. The zero-order valence-corrected chi connectivity index (χ0v) is 8.97. The van der Waals surface area contributed by atoms with E-state index >= 15 is 0 Å². The lowest BCUT2D eigenvalue weighted by atomic mass is 10.3. The first-order valence-corrected chi connectivity index (χ1v) is 4.93. The molecule has 0 fully saturated rings. The van der Waals surface area contributed by atoms with Crippen LogP contribution in [0.5, 0.6) is 0 Å². The monoisotopic (exact) mass is 240 g/mol. The number of nitrogens with one attached hydrogen (secondary N) is 1. The standard InChI is InChI=1S/C10H13BrN2/c1-2-3-6-13-10-5-4-8(12)7-9(10)11/h2,4-5,7,13H,1,3,6,12H2. The van der Waals surface area contributed by atoms with Crippen LogP contribution in [0.15, 0.2) is 35.3 Å². The van der Waals surface area contributed by atoms with E-state index in [4.69, 9.17) is 5.73 Å². The Morgan fingerprint density at radius 2 is 2.31 bits per heavy atom. The molecule has 3 N–H and O–H groups in total. The Bertz CT molecular complexity index is 297. The Kier molecular flexibility index (Phi) is 3.83. The third-order valence-corrected chi connectivity index (χ3v) is 2.31. The van der Waals surface area contributed by atoms with Gasteiger partial charge in [0.25, 0.3) is 0 Å². The Labute approximate surface area is 87.0 Å². The number of halogens is 1. The van der Waals surface area contributed by atoms with Crippen LogP contribution in [0.25, 0.3) is 0 Å². The maximum Gasteiger partial charge on any atom is 0.0486 e. The summed E-state index contributed by atoms with van der Waals surface area (Å²) in [5, 5.41) is 3.27. The Hall–Kier alpha value is -0.960. The molecule has 0 bridgehead atoms. The van der Waals surface area contributed by atoms with Crippen LogP contribution in [0.1, 0.15) is 6.42 Å². The topological polar surface area (TPSA) is 38.0 Å². The molecule has 1 aromatic carbocycles. The Morgan fingerprint density at radius 1 is 1.54 bits per heavy atom. The lowest BCUT2D eigenvalue weighted by molar-refractivity contribution is 1.07. The van der Waals surface area contributed by atoms with Gasteiger partial charge in [0.15, 0.2) is 0 Å². The van der Waals surface area contributed by atoms with Crippen molar-refractivity contribution in [1.29, 1.82) is 0 Å². The van der Waals surface area contributed by atoms with Gasteiger partial charge in [0.1, 0.15) is 0 Å². The van der Waals surface area contributed by atoms with E-state index in [1.165, 1.54) is 0 Å². The van der Waals surface area contributed by atoms with E-state index in [2.05, 4.69) is 27.8 Å². The molecule has 0 radical (unpaired) electrons. The van der Waals surface area contributed by atoms with Crippen molar-refractivity contribution in [1.82, 2.24) is 0 Å². The third kappa shape index (κ3) is 3.11. The van der Waals surface area contributed by atoms with Gasteiger partial charge in [-0.15, -0.1) is 6.58 Å². The fourth-order valence-electron chi connectivity index (χ4n) is 0.984. The van der Waals surface area contributed by atoms with Gasteiger partial charge >= 0.3 is 0 Å². The first-order valence-electron chi connectivity index (χ1n) is 4.14. The third-order valence-electron chi connectivity index (χ3n) is 1.66. The molecule has 0 heterocycles. The molecule has 0 saturated heterocycles. The summed E-state index contributed by atoms with van der Waals surface area (Å²) < 4.78 is 0.997. The number of anilines is 2. The van der Waals surface area contributed by atoms with Crippen LogP contribution >= 0.6 is 15.9 Å². The molecular weight excluding hydrogens is 228 g/mol. The van der Waals surface area contributed by atoms with Crippen LogP contribution in [-0.4, -0.2) is 6.54 Å². The van der Waals surface area contributed by atoms with Gasteiger partial charge in [-0.1, -0.05) is 6.08 Å². The normalized spacial score (nSPS) is 9.62.